The summed E-state index contributed by atoms with van der Waals surface area (Å²) >= 11 is 0. The topological polar surface area (TPSA) is 98.2 Å². The van der Waals surface area contributed by atoms with Crippen LogP contribution in [0.15, 0.2) is 71.9 Å². The summed E-state index contributed by atoms with van der Waals surface area (Å²) in [6.45, 7) is 6.18. The standard InChI is InChI=1S/C34H34N2O6/c1-19-6-8-20(9-7-19)32(38)31-29(21-10-12-27-28(14-21)42-18-41-27)30-24(16-34(2,3)17-25(30)37)36(33(31)35)23-15-22(39-4)11-13-26(23)40-5/h6-15,29,31,35H,16-18H2,1-5H3. The molecular formula is C34H34N2O6. The van der Waals surface area contributed by atoms with Crippen molar-refractivity contribution in [3.8, 4) is 23.0 Å². The molecule has 3 aromatic rings. The molecule has 2 unspecified atom stereocenters. The summed E-state index contributed by atoms with van der Waals surface area (Å²) in [5, 5.41) is 9.72. The Morgan fingerprint density at radius 2 is 1.69 bits per heavy atom. The molecule has 1 N–H and O–H groups in total. The Labute approximate surface area is 245 Å². The molecule has 42 heavy (non-hydrogen) atoms. The molecule has 3 aliphatic rings. The van der Waals surface area contributed by atoms with Crippen LogP contribution in [-0.2, 0) is 4.79 Å². The van der Waals surface area contributed by atoms with Crippen molar-refractivity contribution in [1.82, 2.24) is 0 Å². The average molecular weight is 567 g/mol. The molecule has 3 aromatic carbocycles. The Bertz CT molecular complexity index is 1640. The number of hydrogen-bond donors (Lipinski definition) is 1. The molecule has 0 saturated carbocycles. The van der Waals surface area contributed by atoms with Crippen molar-refractivity contribution in [3.63, 3.8) is 0 Å². The summed E-state index contributed by atoms with van der Waals surface area (Å²) in [4.78, 5) is 30.4. The number of ketones is 2. The molecule has 0 saturated heterocycles. The second kappa shape index (κ2) is 10.4. The first-order valence-corrected chi connectivity index (χ1v) is 14.0. The zero-order valence-electron chi connectivity index (χ0n) is 24.4. The highest BCUT2D eigenvalue weighted by molar-refractivity contribution is 6.21. The van der Waals surface area contributed by atoms with Gasteiger partial charge in [0.15, 0.2) is 23.1 Å². The molecule has 6 rings (SSSR count). The molecule has 8 heteroatoms. The summed E-state index contributed by atoms with van der Waals surface area (Å²) in [7, 11) is 3.14. The maximum Gasteiger partial charge on any atom is 0.231 e. The fourth-order valence-electron chi connectivity index (χ4n) is 6.35. The van der Waals surface area contributed by atoms with Crippen LogP contribution in [0.1, 0.15) is 54.1 Å². The van der Waals surface area contributed by atoms with Crippen molar-refractivity contribution in [2.45, 2.75) is 39.5 Å². The minimum Gasteiger partial charge on any atom is -0.497 e. The van der Waals surface area contributed by atoms with E-state index in [2.05, 4.69) is 13.8 Å². The number of ether oxygens (including phenoxy) is 4. The molecule has 0 spiro atoms. The Hall–Kier alpha value is -4.59. The molecule has 1 aliphatic carbocycles. The van der Waals surface area contributed by atoms with Crippen LogP contribution in [-0.4, -0.2) is 38.4 Å². The molecule has 2 aliphatic heterocycles. The van der Waals surface area contributed by atoms with Crippen LogP contribution in [0.4, 0.5) is 5.69 Å². The van der Waals surface area contributed by atoms with Crippen molar-refractivity contribution in [3.05, 3.63) is 88.6 Å². The number of allylic oxidation sites excluding steroid dienone is 2. The van der Waals surface area contributed by atoms with Crippen molar-refractivity contribution >= 4 is 23.1 Å². The summed E-state index contributed by atoms with van der Waals surface area (Å²) in [5.41, 5.74) is 3.66. The van der Waals surface area contributed by atoms with E-state index in [1.54, 1.807) is 49.5 Å². The van der Waals surface area contributed by atoms with Gasteiger partial charge in [0.2, 0.25) is 6.79 Å². The lowest BCUT2D eigenvalue weighted by molar-refractivity contribution is -0.118. The molecule has 2 atom stereocenters. The third-order valence-electron chi connectivity index (χ3n) is 8.35. The van der Waals surface area contributed by atoms with Gasteiger partial charge in [-0.25, -0.2) is 0 Å². The number of amidine groups is 1. The molecule has 0 radical (unpaired) electrons. The van der Waals surface area contributed by atoms with Gasteiger partial charge >= 0.3 is 0 Å². The normalized spacial score (nSPS) is 20.8. The van der Waals surface area contributed by atoms with Gasteiger partial charge in [0.1, 0.15) is 17.3 Å². The van der Waals surface area contributed by atoms with E-state index in [1.807, 2.05) is 37.3 Å². The molecular weight excluding hydrogens is 532 g/mol. The minimum atomic E-state index is -0.993. The maximum absolute atomic E-state index is 14.5. The van der Waals surface area contributed by atoms with Crippen molar-refractivity contribution in [2.75, 3.05) is 25.9 Å². The van der Waals surface area contributed by atoms with Gasteiger partial charge in [-0.2, -0.15) is 0 Å². The summed E-state index contributed by atoms with van der Waals surface area (Å²) in [6.07, 6.45) is 0.859. The van der Waals surface area contributed by atoms with Gasteiger partial charge in [0.25, 0.3) is 0 Å². The van der Waals surface area contributed by atoms with E-state index in [9.17, 15) is 15.0 Å². The highest BCUT2D eigenvalue weighted by atomic mass is 16.7. The van der Waals surface area contributed by atoms with Gasteiger partial charge in [0, 0.05) is 35.2 Å². The number of carbonyl (C=O) groups excluding carboxylic acids is 2. The van der Waals surface area contributed by atoms with E-state index in [4.69, 9.17) is 18.9 Å². The predicted molar refractivity (Wildman–Crippen MR) is 159 cm³/mol. The number of nitrogens with one attached hydrogen (secondary N) is 1. The first-order chi connectivity index (χ1) is 20.1. The number of fused-ring (bicyclic) bond motifs is 1. The van der Waals surface area contributed by atoms with Crippen LogP contribution in [0.2, 0.25) is 0 Å². The van der Waals surface area contributed by atoms with Gasteiger partial charge in [-0.1, -0.05) is 49.7 Å². The number of Topliss-reactive ketones (excluding diaryl/α,β-unsaturated/α-hetero) is 2. The van der Waals surface area contributed by atoms with Crippen LogP contribution in [0.25, 0.3) is 0 Å². The number of aryl methyl sites for hydroxylation is 1. The highest BCUT2D eigenvalue weighted by Gasteiger charge is 2.51. The van der Waals surface area contributed by atoms with Crippen LogP contribution in [0, 0.1) is 23.7 Å². The zero-order valence-corrected chi connectivity index (χ0v) is 24.4. The molecule has 0 aromatic heterocycles. The SMILES string of the molecule is COc1ccc(OC)c(N2C(=N)C(C(=O)c3ccc(C)cc3)C(c3ccc4c(c3)OCO4)C3=C2CC(C)(C)CC3=O)c1. The fourth-order valence-corrected chi connectivity index (χ4v) is 6.35. The predicted octanol–water partition coefficient (Wildman–Crippen LogP) is 6.46. The molecule has 8 nitrogen and oxygen atoms in total. The van der Waals surface area contributed by atoms with Crippen LogP contribution in [0.5, 0.6) is 23.0 Å². The smallest absolute Gasteiger partial charge is 0.231 e. The number of carbonyl (C=O) groups is 2. The Kier molecular flexibility index (Phi) is 6.80. The highest BCUT2D eigenvalue weighted by Crippen LogP contribution is 2.53. The van der Waals surface area contributed by atoms with E-state index < -0.39 is 11.8 Å². The van der Waals surface area contributed by atoms with Gasteiger partial charge in [-0.05, 0) is 48.6 Å². The van der Waals surface area contributed by atoms with Crippen LogP contribution >= 0.6 is 0 Å². The van der Waals surface area contributed by atoms with Crippen molar-refractivity contribution < 1.29 is 28.5 Å². The van der Waals surface area contributed by atoms with Crippen LogP contribution in [0.3, 0.4) is 0 Å². The summed E-state index contributed by atoms with van der Waals surface area (Å²) < 4.78 is 22.5. The number of benzene rings is 3. The van der Waals surface area contributed by atoms with Crippen LogP contribution < -0.4 is 23.8 Å². The monoisotopic (exact) mass is 566 g/mol. The van der Waals surface area contributed by atoms with Crippen molar-refractivity contribution in [1.29, 1.82) is 5.41 Å². The number of hydrogen-bond acceptors (Lipinski definition) is 7. The number of anilines is 1. The third-order valence-corrected chi connectivity index (χ3v) is 8.35. The van der Waals surface area contributed by atoms with E-state index >= 15 is 0 Å². The Balaban J connectivity index is 1.63. The van der Waals surface area contributed by atoms with Crippen molar-refractivity contribution in [2.24, 2.45) is 11.3 Å². The Morgan fingerprint density at radius 1 is 0.952 bits per heavy atom. The second-order valence-corrected chi connectivity index (χ2v) is 11.9. The lowest BCUT2D eigenvalue weighted by Crippen LogP contribution is -2.50. The Morgan fingerprint density at radius 3 is 2.40 bits per heavy atom. The minimum absolute atomic E-state index is 0.0371. The largest absolute Gasteiger partial charge is 0.497 e. The fraction of sp³-hybridized carbons (Fsp3) is 0.324. The van der Waals surface area contributed by atoms with E-state index in [0.717, 1.165) is 11.1 Å². The first kappa shape index (κ1) is 27.6. The molecule has 2 heterocycles. The summed E-state index contributed by atoms with van der Waals surface area (Å²) in [5.74, 6) is 0.359. The lowest BCUT2D eigenvalue weighted by Gasteiger charge is -2.47. The second-order valence-electron chi connectivity index (χ2n) is 11.9. The van der Waals surface area contributed by atoms with Gasteiger partial charge in [-0.3, -0.25) is 19.9 Å². The number of methoxy groups -OCH3 is 2. The molecule has 216 valence electrons. The first-order valence-electron chi connectivity index (χ1n) is 14.0. The summed E-state index contributed by atoms with van der Waals surface area (Å²) in [6, 6.07) is 18.2. The number of rotatable bonds is 6. The number of nitrogens with zero attached hydrogens (tertiary/aromatic N) is 1. The average Bonchev–Trinajstić information content (AvgIpc) is 3.44. The van der Waals surface area contributed by atoms with Gasteiger partial charge in [-0.15, -0.1) is 0 Å². The third kappa shape index (κ3) is 4.61. The molecule has 0 fully saturated rings. The molecule has 0 amide bonds. The van der Waals surface area contributed by atoms with E-state index in [0.29, 0.717) is 58.4 Å². The molecule has 0 bridgehead atoms. The van der Waals surface area contributed by atoms with E-state index in [1.165, 1.54) is 0 Å². The zero-order chi connectivity index (χ0) is 29.8. The van der Waals surface area contributed by atoms with Gasteiger partial charge < -0.3 is 18.9 Å². The van der Waals surface area contributed by atoms with E-state index in [-0.39, 0.29) is 29.6 Å². The quantitative estimate of drug-likeness (QED) is 0.342. The maximum atomic E-state index is 14.5. The lowest BCUT2D eigenvalue weighted by atomic mass is 9.65. The van der Waals surface area contributed by atoms with Gasteiger partial charge in [0.05, 0.1) is 25.8 Å².